The Morgan fingerprint density at radius 3 is 2.89 bits per heavy atom. The number of rotatable bonds is 4. The van der Waals surface area contributed by atoms with Gasteiger partial charge in [0.15, 0.2) is 0 Å². The lowest BCUT2D eigenvalue weighted by atomic mass is 10.1. The minimum Gasteiger partial charge on any atom is -0.458 e. The number of halogens is 2. The van der Waals surface area contributed by atoms with Gasteiger partial charge in [0.05, 0.1) is 10.5 Å². The lowest BCUT2D eigenvalue weighted by Crippen LogP contribution is -2.21. The van der Waals surface area contributed by atoms with Crippen molar-refractivity contribution >= 4 is 38.5 Å². The predicted octanol–water partition coefficient (Wildman–Crippen LogP) is 4.91. The van der Waals surface area contributed by atoms with E-state index in [2.05, 4.69) is 34.2 Å². The maximum atomic E-state index is 6.06. The highest BCUT2D eigenvalue weighted by molar-refractivity contribution is 9.10. The zero-order valence-electron chi connectivity index (χ0n) is 10.2. The summed E-state index contributed by atoms with van der Waals surface area (Å²) in [4.78, 5) is 0. The Morgan fingerprint density at radius 1 is 1.44 bits per heavy atom. The Balaban J connectivity index is 2.03. The first kappa shape index (κ1) is 12.5. The molecule has 2 aromatic rings. The molecule has 1 heterocycles. The Kier molecular flexibility index (Phi) is 3.39. The van der Waals surface area contributed by atoms with E-state index >= 15 is 0 Å². The fourth-order valence-corrected chi connectivity index (χ4v) is 3.31. The molecule has 0 spiro atoms. The van der Waals surface area contributed by atoms with Crippen molar-refractivity contribution in [3.8, 4) is 0 Å². The first-order valence-electron chi connectivity index (χ1n) is 6.31. The van der Waals surface area contributed by atoms with Crippen LogP contribution in [0.1, 0.15) is 31.6 Å². The minimum atomic E-state index is 0.341. The van der Waals surface area contributed by atoms with E-state index in [1.165, 1.54) is 12.8 Å². The van der Waals surface area contributed by atoms with Crippen LogP contribution in [-0.2, 0) is 0 Å². The molecular formula is C14H15BrClNO. The number of nitrogens with one attached hydrogen (secondary N) is 1. The molecule has 0 amide bonds. The van der Waals surface area contributed by atoms with Crippen LogP contribution in [0.4, 0.5) is 0 Å². The number of furan rings is 1. The highest BCUT2D eigenvalue weighted by atomic mass is 79.9. The predicted molar refractivity (Wildman–Crippen MR) is 78.1 cm³/mol. The summed E-state index contributed by atoms with van der Waals surface area (Å²) in [5.74, 6) is 1.75. The molecule has 1 atom stereocenters. The number of hydrogen-bond donors (Lipinski definition) is 1. The SMILES string of the molecule is CCNC(c1cc2cc(Cl)cc(Br)c2o1)C1CC1. The third kappa shape index (κ3) is 2.31. The van der Waals surface area contributed by atoms with Gasteiger partial charge in [0.2, 0.25) is 0 Å². The van der Waals surface area contributed by atoms with E-state index in [0.29, 0.717) is 6.04 Å². The Bertz CT molecular complexity index is 576. The molecule has 1 unspecified atom stereocenters. The third-order valence-electron chi connectivity index (χ3n) is 3.38. The zero-order chi connectivity index (χ0) is 12.7. The first-order chi connectivity index (χ1) is 8.69. The Labute approximate surface area is 120 Å². The molecule has 1 aliphatic rings. The molecule has 1 fully saturated rings. The first-order valence-corrected chi connectivity index (χ1v) is 7.48. The molecule has 3 rings (SSSR count). The molecule has 0 saturated heterocycles. The summed E-state index contributed by atoms with van der Waals surface area (Å²) in [7, 11) is 0. The van der Waals surface area contributed by atoms with Gasteiger partial charge in [0, 0.05) is 10.4 Å². The number of fused-ring (bicyclic) bond motifs is 1. The Hall–Kier alpha value is -0.510. The molecule has 1 aromatic heterocycles. The van der Waals surface area contributed by atoms with Gasteiger partial charge in [-0.3, -0.25) is 0 Å². The van der Waals surface area contributed by atoms with E-state index in [-0.39, 0.29) is 0 Å². The fourth-order valence-electron chi connectivity index (χ4n) is 2.40. The molecule has 4 heteroatoms. The van der Waals surface area contributed by atoms with Crippen molar-refractivity contribution in [3.63, 3.8) is 0 Å². The smallest absolute Gasteiger partial charge is 0.148 e. The van der Waals surface area contributed by atoms with Crippen molar-refractivity contribution in [1.29, 1.82) is 0 Å². The van der Waals surface area contributed by atoms with Crippen molar-refractivity contribution < 1.29 is 4.42 Å². The molecule has 0 radical (unpaired) electrons. The van der Waals surface area contributed by atoms with Crippen LogP contribution >= 0.6 is 27.5 Å². The van der Waals surface area contributed by atoms with E-state index in [1.807, 2.05) is 12.1 Å². The summed E-state index contributed by atoms with van der Waals surface area (Å²) in [6.07, 6.45) is 2.58. The van der Waals surface area contributed by atoms with Crippen LogP contribution in [0, 0.1) is 5.92 Å². The van der Waals surface area contributed by atoms with Crippen molar-refractivity contribution in [3.05, 3.63) is 33.5 Å². The van der Waals surface area contributed by atoms with Crippen LogP contribution < -0.4 is 5.32 Å². The van der Waals surface area contributed by atoms with Crippen molar-refractivity contribution in [2.75, 3.05) is 6.54 Å². The summed E-state index contributed by atoms with van der Waals surface area (Å²) >= 11 is 9.56. The molecule has 1 aliphatic carbocycles. The van der Waals surface area contributed by atoms with Gasteiger partial charge in [-0.15, -0.1) is 0 Å². The van der Waals surface area contributed by atoms with Gasteiger partial charge < -0.3 is 9.73 Å². The van der Waals surface area contributed by atoms with Gasteiger partial charge in [-0.1, -0.05) is 18.5 Å². The van der Waals surface area contributed by atoms with Gasteiger partial charge >= 0.3 is 0 Å². The highest BCUT2D eigenvalue weighted by Gasteiger charge is 2.34. The second-order valence-corrected chi connectivity index (χ2v) is 6.12. The van der Waals surface area contributed by atoms with Gasteiger partial charge in [0.1, 0.15) is 11.3 Å². The van der Waals surface area contributed by atoms with Crippen LogP contribution in [-0.4, -0.2) is 6.54 Å². The fraction of sp³-hybridized carbons (Fsp3) is 0.429. The average Bonchev–Trinajstić information content (AvgIpc) is 3.06. The standard InChI is InChI=1S/C14H15BrClNO/c1-2-17-13(8-3-4-8)12-6-9-5-10(16)7-11(15)14(9)18-12/h5-8,13,17H,2-4H2,1H3. The van der Waals surface area contributed by atoms with Crippen LogP contribution in [0.15, 0.2) is 27.1 Å². The largest absolute Gasteiger partial charge is 0.458 e. The molecule has 1 N–H and O–H groups in total. The summed E-state index contributed by atoms with van der Waals surface area (Å²) in [5.41, 5.74) is 0.887. The summed E-state index contributed by atoms with van der Waals surface area (Å²) in [6, 6.07) is 6.27. The normalized spacial score (nSPS) is 17.3. The van der Waals surface area contributed by atoms with E-state index in [0.717, 1.165) is 38.7 Å². The third-order valence-corrected chi connectivity index (χ3v) is 4.19. The lowest BCUT2D eigenvalue weighted by Gasteiger charge is -2.13. The number of benzene rings is 1. The van der Waals surface area contributed by atoms with Gasteiger partial charge in [-0.2, -0.15) is 0 Å². The minimum absolute atomic E-state index is 0.341. The van der Waals surface area contributed by atoms with Crippen molar-refractivity contribution in [2.24, 2.45) is 5.92 Å². The molecule has 1 saturated carbocycles. The molecule has 96 valence electrons. The van der Waals surface area contributed by atoms with E-state index in [1.54, 1.807) is 0 Å². The maximum Gasteiger partial charge on any atom is 0.148 e. The van der Waals surface area contributed by atoms with Gasteiger partial charge in [-0.05, 0) is 59.4 Å². The topological polar surface area (TPSA) is 25.2 Å². The molecule has 2 nitrogen and oxygen atoms in total. The lowest BCUT2D eigenvalue weighted by molar-refractivity contribution is 0.403. The van der Waals surface area contributed by atoms with Crippen LogP contribution in [0.3, 0.4) is 0 Å². The average molecular weight is 329 g/mol. The van der Waals surface area contributed by atoms with Crippen LogP contribution in [0.25, 0.3) is 11.0 Å². The summed E-state index contributed by atoms with van der Waals surface area (Å²) in [5, 5.41) is 5.31. The zero-order valence-corrected chi connectivity index (χ0v) is 12.5. The number of hydrogen-bond acceptors (Lipinski definition) is 2. The molecule has 18 heavy (non-hydrogen) atoms. The van der Waals surface area contributed by atoms with Crippen LogP contribution in [0.2, 0.25) is 5.02 Å². The van der Waals surface area contributed by atoms with E-state index in [4.69, 9.17) is 16.0 Å². The summed E-state index contributed by atoms with van der Waals surface area (Å²) < 4.78 is 6.92. The van der Waals surface area contributed by atoms with Crippen LogP contribution in [0.5, 0.6) is 0 Å². The second-order valence-electron chi connectivity index (χ2n) is 4.83. The highest BCUT2D eigenvalue weighted by Crippen LogP contribution is 2.43. The quantitative estimate of drug-likeness (QED) is 0.862. The monoisotopic (exact) mass is 327 g/mol. The molecule has 0 bridgehead atoms. The van der Waals surface area contributed by atoms with Gasteiger partial charge in [-0.25, -0.2) is 0 Å². The Morgan fingerprint density at radius 2 is 2.22 bits per heavy atom. The maximum absolute atomic E-state index is 6.06. The van der Waals surface area contributed by atoms with Gasteiger partial charge in [0.25, 0.3) is 0 Å². The van der Waals surface area contributed by atoms with Crippen molar-refractivity contribution in [2.45, 2.75) is 25.8 Å². The summed E-state index contributed by atoms with van der Waals surface area (Å²) in [6.45, 7) is 3.09. The molecular weight excluding hydrogens is 314 g/mol. The second kappa shape index (κ2) is 4.87. The van der Waals surface area contributed by atoms with E-state index < -0.39 is 0 Å². The van der Waals surface area contributed by atoms with E-state index in [9.17, 15) is 0 Å². The molecule has 1 aromatic carbocycles. The molecule has 0 aliphatic heterocycles. The van der Waals surface area contributed by atoms with Crippen molar-refractivity contribution in [1.82, 2.24) is 5.32 Å².